The highest BCUT2D eigenvalue weighted by Gasteiger charge is 2.31. The van der Waals surface area contributed by atoms with Crippen molar-refractivity contribution in [3.63, 3.8) is 0 Å². The van der Waals surface area contributed by atoms with E-state index in [4.69, 9.17) is 4.74 Å². The fourth-order valence-corrected chi connectivity index (χ4v) is 4.52. The van der Waals surface area contributed by atoms with Crippen LogP contribution in [0.5, 0.6) is 0 Å². The summed E-state index contributed by atoms with van der Waals surface area (Å²) in [5, 5.41) is 6.68. The summed E-state index contributed by atoms with van der Waals surface area (Å²) in [4.78, 5) is 13.9. The van der Waals surface area contributed by atoms with Gasteiger partial charge in [0.2, 0.25) is 15.9 Å². The van der Waals surface area contributed by atoms with E-state index < -0.39 is 10.0 Å². The molecule has 1 aliphatic heterocycles. The molecule has 1 aromatic rings. The number of hydrogen-bond donors (Lipinski definition) is 1. The molecular weight excluding hydrogens is 320 g/mol. The number of nitrogens with zero attached hydrogens (tertiary/aromatic N) is 3. The molecule has 1 aliphatic rings. The van der Waals surface area contributed by atoms with E-state index >= 15 is 0 Å². The molecule has 0 atom stereocenters. The summed E-state index contributed by atoms with van der Waals surface area (Å²) in [6.45, 7) is 7.33. The Bertz CT molecular complexity index is 636. The number of H-pyrrole nitrogens is 1. The quantitative estimate of drug-likeness (QED) is 0.828. The number of nitrogens with one attached hydrogen (secondary N) is 1. The smallest absolute Gasteiger partial charge is 0.248 e. The van der Waals surface area contributed by atoms with E-state index in [2.05, 4.69) is 10.2 Å². The van der Waals surface area contributed by atoms with Crippen LogP contribution in [0.2, 0.25) is 0 Å². The zero-order valence-electron chi connectivity index (χ0n) is 13.8. The van der Waals surface area contributed by atoms with Crippen molar-refractivity contribution in [2.24, 2.45) is 0 Å². The molecule has 1 fully saturated rings. The van der Waals surface area contributed by atoms with Gasteiger partial charge < -0.3 is 9.64 Å². The molecule has 0 unspecified atom stereocenters. The molecule has 0 bridgehead atoms. The SMILES string of the molecule is CCOCC(=O)N1CCCN(S(=O)(=O)c2c(C)n[nH]c2C)CC1. The fraction of sp³-hybridized carbons (Fsp3) is 0.714. The third-order valence-corrected chi connectivity index (χ3v) is 6.06. The monoisotopic (exact) mass is 344 g/mol. The first-order valence-corrected chi connectivity index (χ1v) is 9.19. The van der Waals surface area contributed by atoms with Crippen molar-refractivity contribution in [1.82, 2.24) is 19.4 Å². The van der Waals surface area contributed by atoms with Crippen molar-refractivity contribution in [2.45, 2.75) is 32.1 Å². The summed E-state index contributed by atoms with van der Waals surface area (Å²) >= 11 is 0. The van der Waals surface area contributed by atoms with E-state index in [0.717, 1.165) is 0 Å². The number of aromatic nitrogens is 2. The van der Waals surface area contributed by atoms with Gasteiger partial charge in [-0.05, 0) is 27.2 Å². The Morgan fingerprint density at radius 2 is 2.00 bits per heavy atom. The second-order valence-electron chi connectivity index (χ2n) is 5.54. The number of carbonyl (C=O) groups excluding carboxylic acids is 1. The lowest BCUT2D eigenvalue weighted by molar-refractivity contribution is -0.135. The molecule has 2 rings (SSSR count). The number of aryl methyl sites for hydroxylation is 2. The lowest BCUT2D eigenvalue weighted by Gasteiger charge is -2.22. The van der Waals surface area contributed by atoms with Crippen LogP contribution in [0.4, 0.5) is 0 Å². The molecular formula is C14H24N4O4S. The summed E-state index contributed by atoms with van der Waals surface area (Å²) in [6.07, 6.45) is 0.604. The summed E-state index contributed by atoms with van der Waals surface area (Å²) in [5.41, 5.74) is 1.01. The zero-order valence-corrected chi connectivity index (χ0v) is 14.6. The van der Waals surface area contributed by atoms with Crippen LogP contribution >= 0.6 is 0 Å². The van der Waals surface area contributed by atoms with Gasteiger partial charge in [0.25, 0.3) is 0 Å². The molecule has 0 aliphatic carbocycles. The van der Waals surface area contributed by atoms with Gasteiger partial charge in [-0.1, -0.05) is 0 Å². The first-order chi connectivity index (χ1) is 10.9. The zero-order chi connectivity index (χ0) is 17.0. The Labute approximate surface area is 136 Å². The summed E-state index contributed by atoms with van der Waals surface area (Å²) in [6, 6.07) is 0. The summed E-state index contributed by atoms with van der Waals surface area (Å²) in [5.74, 6) is -0.0956. The molecule has 9 heteroatoms. The molecule has 8 nitrogen and oxygen atoms in total. The number of carbonyl (C=O) groups is 1. The van der Waals surface area contributed by atoms with Crippen molar-refractivity contribution in [2.75, 3.05) is 39.4 Å². The van der Waals surface area contributed by atoms with E-state index in [1.807, 2.05) is 6.92 Å². The van der Waals surface area contributed by atoms with Gasteiger partial charge in [0, 0.05) is 32.8 Å². The molecule has 0 spiro atoms. The van der Waals surface area contributed by atoms with Gasteiger partial charge in [-0.2, -0.15) is 9.40 Å². The summed E-state index contributed by atoms with van der Waals surface area (Å²) < 4.78 is 32.2. The number of sulfonamides is 1. The van der Waals surface area contributed by atoms with Crippen LogP contribution in [-0.4, -0.2) is 73.1 Å². The predicted molar refractivity (Wildman–Crippen MR) is 84.5 cm³/mol. The van der Waals surface area contributed by atoms with Crippen LogP contribution in [0.15, 0.2) is 4.90 Å². The van der Waals surface area contributed by atoms with Crippen molar-refractivity contribution >= 4 is 15.9 Å². The minimum absolute atomic E-state index is 0.0448. The lowest BCUT2D eigenvalue weighted by Crippen LogP contribution is -2.39. The molecule has 0 radical (unpaired) electrons. The van der Waals surface area contributed by atoms with Crippen molar-refractivity contribution in [1.29, 1.82) is 0 Å². The van der Waals surface area contributed by atoms with Crippen molar-refractivity contribution in [3.8, 4) is 0 Å². The molecule has 1 N–H and O–H groups in total. The highest BCUT2D eigenvalue weighted by atomic mass is 32.2. The second kappa shape index (κ2) is 7.41. The highest BCUT2D eigenvalue weighted by Crippen LogP contribution is 2.22. The van der Waals surface area contributed by atoms with E-state index in [1.165, 1.54) is 4.31 Å². The molecule has 23 heavy (non-hydrogen) atoms. The minimum atomic E-state index is -3.60. The molecule has 130 valence electrons. The molecule has 0 saturated carbocycles. The van der Waals surface area contributed by atoms with Crippen LogP contribution < -0.4 is 0 Å². The standard InChI is InChI=1S/C14H24N4O4S/c1-4-22-10-13(19)17-6-5-7-18(9-8-17)23(20,21)14-11(2)15-16-12(14)3/h4-10H2,1-3H3,(H,15,16). The topological polar surface area (TPSA) is 95.6 Å². The van der Waals surface area contributed by atoms with Gasteiger partial charge in [0.1, 0.15) is 11.5 Å². The van der Waals surface area contributed by atoms with E-state index in [-0.39, 0.29) is 24.0 Å². The molecule has 2 heterocycles. The third-order valence-electron chi connectivity index (χ3n) is 3.90. The van der Waals surface area contributed by atoms with Gasteiger partial charge in [-0.3, -0.25) is 9.89 Å². The average molecular weight is 344 g/mol. The lowest BCUT2D eigenvalue weighted by atomic mass is 10.4. The Morgan fingerprint density at radius 1 is 1.26 bits per heavy atom. The number of amides is 1. The number of hydrogen-bond acceptors (Lipinski definition) is 5. The van der Waals surface area contributed by atoms with E-state index in [1.54, 1.807) is 18.7 Å². The van der Waals surface area contributed by atoms with Crippen LogP contribution in [0.1, 0.15) is 24.7 Å². The Morgan fingerprint density at radius 3 is 2.61 bits per heavy atom. The van der Waals surface area contributed by atoms with Crippen LogP contribution in [0, 0.1) is 13.8 Å². The van der Waals surface area contributed by atoms with E-state index in [9.17, 15) is 13.2 Å². The predicted octanol–water partition coefficient (Wildman–Crippen LogP) is 0.286. The fourth-order valence-electron chi connectivity index (χ4n) is 2.71. The third kappa shape index (κ3) is 3.91. The maximum absolute atomic E-state index is 12.8. The molecule has 1 aromatic heterocycles. The van der Waals surface area contributed by atoms with Gasteiger partial charge >= 0.3 is 0 Å². The van der Waals surface area contributed by atoms with Gasteiger partial charge in [0.05, 0.1) is 11.4 Å². The normalized spacial score (nSPS) is 17.3. The van der Waals surface area contributed by atoms with Gasteiger partial charge in [0.15, 0.2) is 0 Å². The van der Waals surface area contributed by atoms with Crippen LogP contribution in [-0.2, 0) is 19.6 Å². The minimum Gasteiger partial charge on any atom is -0.372 e. The average Bonchev–Trinajstić information content (AvgIpc) is 2.73. The molecule has 1 saturated heterocycles. The van der Waals surface area contributed by atoms with Gasteiger partial charge in [-0.25, -0.2) is 8.42 Å². The first kappa shape index (κ1) is 17.9. The highest BCUT2D eigenvalue weighted by molar-refractivity contribution is 7.89. The van der Waals surface area contributed by atoms with Crippen molar-refractivity contribution < 1.29 is 17.9 Å². The van der Waals surface area contributed by atoms with Crippen molar-refractivity contribution in [3.05, 3.63) is 11.4 Å². The maximum Gasteiger partial charge on any atom is 0.248 e. The molecule has 1 amide bonds. The van der Waals surface area contributed by atoms with Gasteiger partial charge in [-0.15, -0.1) is 0 Å². The summed E-state index contributed by atoms with van der Waals surface area (Å²) in [7, 11) is -3.60. The number of aromatic amines is 1. The molecule has 0 aromatic carbocycles. The number of ether oxygens (including phenoxy) is 1. The second-order valence-corrected chi connectivity index (χ2v) is 7.41. The Kier molecular flexibility index (Phi) is 5.77. The van der Waals surface area contributed by atoms with E-state index in [0.29, 0.717) is 44.0 Å². The Hall–Kier alpha value is -1.45. The number of rotatable bonds is 5. The maximum atomic E-state index is 12.8. The van der Waals surface area contributed by atoms with Crippen LogP contribution in [0.3, 0.4) is 0 Å². The Balaban J connectivity index is 2.10. The van der Waals surface area contributed by atoms with Crippen LogP contribution in [0.25, 0.3) is 0 Å². The largest absolute Gasteiger partial charge is 0.372 e. The first-order valence-electron chi connectivity index (χ1n) is 7.75.